The zero-order valence-electron chi connectivity index (χ0n) is 11.5. The third-order valence-electron chi connectivity index (χ3n) is 4.71. The molecule has 3 rings (SSSR count). The van der Waals surface area contributed by atoms with Crippen LogP contribution in [0, 0.1) is 28.9 Å². The second kappa shape index (κ2) is 4.89. The number of nitrogens with one attached hydrogen (secondary N) is 1. The Morgan fingerprint density at radius 3 is 2.70 bits per heavy atom. The molecule has 2 fully saturated rings. The summed E-state index contributed by atoms with van der Waals surface area (Å²) in [6, 6.07) is 4.83. The average Bonchev–Trinajstić information content (AvgIpc) is 3.00. The van der Waals surface area contributed by atoms with Crippen molar-refractivity contribution >= 4 is 11.6 Å². The molecule has 106 valence electrons. The van der Waals surface area contributed by atoms with Crippen LogP contribution in [0.15, 0.2) is 18.2 Å². The highest BCUT2D eigenvalue weighted by Crippen LogP contribution is 2.44. The maximum Gasteiger partial charge on any atom is 0.272 e. The van der Waals surface area contributed by atoms with Crippen molar-refractivity contribution in [1.82, 2.24) is 5.32 Å². The summed E-state index contributed by atoms with van der Waals surface area (Å²) in [6.07, 6.45) is 4.84. The van der Waals surface area contributed by atoms with E-state index in [1.54, 1.807) is 13.0 Å². The predicted molar refractivity (Wildman–Crippen MR) is 74.5 cm³/mol. The first kappa shape index (κ1) is 13.1. The third kappa shape index (κ3) is 2.28. The van der Waals surface area contributed by atoms with Crippen LogP contribution in [-0.2, 0) is 0 Å². The van der Waals surface area contributed by atoms with Crippen molar-refractivity contribution in [2.45, 2.75) is 38.6 Å². The highest BCUT2D eigenvalue weighted by atomic mass is 16.6. The first-order valence-corrected chi connectivity index (χ1v) is 7.10. The van der Waals surface area contributed by atoms with Crippen molar-refractivity contribution in [2.75, 3.05) is 0 Å². The van der Waals surface area contributed by atoms with Crippen LogP contribution in [0.4, 0.5) is 5.69 Å². The van der Waals surface area contributed by atoms with E-state index < -0.39 is 4.92 Å². The van der Waals surface area contributed by atoms with Crippen LogP contribution in [0.1, 0.15) is 41.6 Å². The Bertz CT molecular complexity index is 570. The Kier molecular flexibility index (Phi) is 3.20. The molecule has 1 amide bonds. The van der Waals surface area contributed by atoms with Gasteiger partial charge in [-0.25, -0.2) is 0 Å². The van der Waals surface area contributed by atoms with Crippen molar-refractivity contribution in [1.29, 1.82) is 0 Å². The number of nitrogens with zero attached hydrogens (tertiary/aromatic N) is 1. The molecule has 2 aliphatic rings. The zero-order valence-corrected chi connectivity index (χ0v) is 11.5. The molecule has 0 unspecified atom stereocenters. The number of carbonyl (C=O) groups excluding carboxylic acids is 1. The third-order valence-corrected chi connectivity index (χ3v) is 4.71. The molecule has 0 aliphatic heterocycles. The van der Waals surface area contributed by atoms with Crippen molar-refractivity contribution in [2.24, 2.45) is 11.8 Å². The summed E-state index contributed by atoms with van der Waals surface area (Å²) < 4.78 is 0. The first-order valence-electron chi connectivity index (χ1n) is 7.10. The van der Waals surface area contributed by atoms with E-state index in [-0.39, 0.29) is 17.6 Å². The fourth-order valence-corrected chi connectivity index (χ4v) is 3.67. The van der Waals surface area contributed by atoms with E-state index in [1.165, 1.54) is 31.4 Å². The molecule has 5 heteroatoms. The fourth-order valence-electron chi connectivity index (χ4n) is 3.67. The van der Waals surface area contributed by atoms with Crippen LogP contribution in [0.25, 0.3) is 0 Å². The van der Waals surface area contributed by atoms with Crippen molar-refractivity contribution in [3.05, 3.63) is 39.4 Å². The summed E-state index contributed by atoms with van der Waals surface area (Å²) in [6.45, 7) is 1.66. The number of nitro groups is 1. The van der Waals surface area contributed by atoms with Crippen LogP contribution in [-0.4, -0.2) is 16.9 Å². The number of carbonyl (C=O) groups is 1. The molecular weight excluding hydrogens is 256 g/mol. The number of nitro benzene ring substituents is 1. The SMILES string of the molecule is Cc1cc(C(=O)N[C@H]2C[C@H]3CC[C@H]2C3)ccc1[N+](=O)[O-]. The van der Waals surface area contributed by atoms with E-state index in [1.807, 2.05) is 0 Å². The molecule has 0 heterocycles. The summed E-state index contributed by atoms with van der Waals surface area (Å²) in [5.41, 5.74) is 1.09. The minimum absolute atomic E-state index is 0.0569. The van der Waals surface area contributed by atoms with Crippen LogP contribution < -0.4 is 5.32 Å². The zero-order chi connectivity index (χ0) is 14.3. The molecular formula is C15H18N2O3. The highest BCUT2D eigenvalue weighted by molar-refractivity contribution is 5.95. The molecule has 5 nitrogen and oxygen atoms in total. The summed E-state index contributed by atoms with van der Waals surface area (Å²) >= 11 is 0. The number of aryl methyl sites for hydroxylation is 1. The highest BCUT2D eigenvalue weighted by Gasteiger charge is 2.40. The Balaban J connectivity index is 1.71. The van der Waals surface area contributed by atoms with Gasteiger partial charge in [0.25, 0.3) is 11.6 Å². The molecule has 1 N–H and O–H groups in total. The Morgan fingerprint density at radius 1 is 1.35 bits per heavy atom. The smallest absolute Gasteiger partial charge is 0.272 e. The normalized spacial score (nSPS) is 27.6. The van der Waals surface area contributed by atoms with Gasteiger partial charge in [0.2, 0.25) is 0 Å². The Labute approximate surface area is 117 Å². The molecule has 0 spiro atoms. The second-order valence-electron chi connectivity index (χ2n) is 6.01. The van der Waals surface area contributed by atoms with Gasteiger partial charge in [0.15, 0.2) is 0 Å². The summed E-state index contributed by atoms with van der Waals surface area (Å²) in [7, 11) is 0. The topological polar surface area (TPSA) is 72.2 Å². The Hall–Kier alpha value is -1.91. The molecule has 1 aromatic carbocycles. The number of hydrogen-bond donors (Lipinski definition) is 1. The van der Waals surface area contributed by atoms with Crippen LogP contribution in [0.5, 0.6) is 0 Å². The fraction of sp³-hybridized carbons (Fsp3) is 0.533. The van der Waals surface area contributed by atoms with E-state index >= 15 is 0 Å². The lowest BCUT2D eigenvalue weighted by atomic mass is 9.95. The molecule has 0 aromatic heterocycles. The molecule has 2 bridgehead atoms. The number of amides is 1. The van der Waals surface area contributed by atoms with E-state index in [2.05, 4.69) is 5.32 Å². The second-order valence-corrected chi connectivity index (χ2v) is 6.01. The van der Waals surface area contributed by atoms with Gasteiger partial charge in [0.05, 0.1) is 4.92 Å². The van der Waals surface area contributed by atoms with Gasteiger partial charge in [-0.2, -0.15) is 0 Å². The van der Waals surface area contributed by atoms with Crippen LogP contribution in [0.2, 0.25) is 0 Å². The summed E-state index contributed by atoms with van der Waals surface area (Å²) in [5.74, 6) is 1.30. The van der Waals surface area contributed by atoms with Crippen molar-refractivity contribution < 1.29 is 9.72 Å². The lowest BCUT2D eigenvalue weighted by molar-refractivity contribution is -0.385. The summed E-state index contributed by atoms with van der Waals surface area (Å²) in [5, 5.41) is 13.9. The van der Waals surface area contributed by atoms with Gasteiger partial charge in [0, 0.05) is 23.2 Å². The average molecular weight is 274 g/mol. The number of benzene rings is 1. The van der Waals surface area contributed by atoms with E-state index in [9.17, 15) is 14.9 Å². The maximum absolute atomic E-state index is 12.2. The minimum Gasteiger partial charge on any atom is -0.349 e. The molecule has 2 saturated carbocycles. The minimum atomic E-state index is -0.424. The van der Waals surface area contributed by atoms with Crippen molar-refractivity contribution in [3.8, 4) is 0 Å². The number of hydrogen-bond acceptors (Lipinski definition) is 3. The molecule has 3 atom stereocenters. The van der Waals surface area contributed by atoms with Gasteiger partial charge in [-0.15, -0.1) is 0 Å². The maximum atomic E-state index is 12.2. The molecule has 2 aliphatic carbocycles. The molecule has 1 aromatic rings. The van der Waals surface area contributed by atoms with E-state index in [0.29, 0.717) is 17.0 Å². The van der Waals surface area contributed by atoms with E-state index in [4.69, 9.17) is 0 Å². The lowest BCUT2D eigenvalue weighted by Crippen LogP contribution is -2.38. The van der Waals surface area contributed by atoms with Gasteiger partial charge >= 0.3 is 0 Å². The first-order chi connectivity index (χ1) is 9.54. The predicted octanol–water partition coefficient (Wildman–Crippen LogP) is 2.82. The van der Waals surface area contributed by atoms with Gasteiger partial charge in [0.1, 0.15) is 0 Å². The van der Waals surface area contributed by atoms with Crippen molar-refractivity contribution in [3.63, 3.8) is 0 Å². The molecule has 20 heavy (non-hydrogen) atoms. The monoisotopic (exact) mass is 274 g/mol. The summed E-state index contributed by atoms with van der Waals surface area (Å²) in [4.78, 5) is 22.6. The standard InChI is InChI=1S/C15H18N2O3/c1-9-6-12(4-5-14(9)17(19)20)15(18)16-13-8-10-2-3-11(13)7-10/h4-6,10-11,13H,2-3,7-8H2,1H3,(H,16,18)/t10-,11-,13-/m0/s1. The van der Waals surface area contributed by atoms with Crippen LogP contribution >= 0.6 is 0 Å². The van der Waals surface area contributed by atoms with E-state index in [0.717, 1.165) is 12.3 Å². The number of rotatable bonds is 3. The molecule has 0 radical (unpaired) electrons. The quantitative estimate of drug-likeness (QED) is 0.680. The van der Waals surface area contributed by atoms with Gasteiger partial charge in [-0.3, -0.25) is 14.9 Å². The number of fused-ring (bicyclic) bond motifs is 2. The lowest BCUT2D eigenvalue weighted by Gasteiger charge is -2.22. The van der Waals surface area contributed by atoms with Gasteiger partial charge < -0.3 is 5.32 Å². The van der Waals surface area contributed by atoms with Crippen LogP contribution in [0.3, 0.4) is 0 Å². The largest absolute Gasteiger partial charge is 0.349 e. The Morgan fingerprint density at radius 2 is 2.15 bits per heavy atom. The van der Waals surface area contributed by atoms with Gasteiger partial charge in [-0.1, -0.05) is 6.42 Å². The van der Waals surface area contributed by atoms with Gasteiger partial charge in [-0.05, 0) is 50.2 Å². The molecule has 0 saturated heterocycles.